The van der Waals surface area contributed by atoms with Crippen molar-refractivity contribution >= 4 is 11.6 Å². The van der Waals surface area contributed by atoms with Crippen LogP contribution in [0.4, 0.5) is 14.5 Å². The van der Waals surface area contributed by atoms with Crippen molar-refractivity contribution in [2.45, 2.75) is 31.7 Å². The molecule has 0 aliphatic heterocycles. The fourth-order valence-corrected chi connectivity index (χ4v) is 2.88. The van der Waals surface area contributed by atoms with Crippen molar-refractivity contribution in [2.75, 3.05) is 5.32 Å². The Morgan fingerprint density at radius 3 is 2.48 bits per heavy atom. The van der Waals surface area contributed by atoms with Gasteiger partial charge in [0, 0.05) is 11.8 Å². The van der Waals surface area contributed by atoms with E-state index in [0.717, 1.165) is 30.2 Å². The van der Waals surface area contributed by atoms with Gasteiger partial charge in [0.15, 0.2) is 5.96 Å². The fourth-order valence-electron chi connectivity index (χ4n) is 2.88. The first-order chi connectivity index (χ1) is 11.0. The van der Waals surface area contributed by atoms with Gasteiger partial charge < -0.3 is 11.1 Å². The number of anilines is 1. The van der Waals surface area contributed by atoms with Crippen molar-refractivity contribution in [3.8, 4) is 0 Å². The molecule has 3 N–H and O–H groups in total. The molecule has 1 aliphatic rings. The molecule has 23 heavy (non-hydrogen) atoms. The predicted octanol–water partition coefficient (Wildman–Crippen LogP) is 3.95. The second kappa shape index (κ2) is 6.36. The van der Waals surface area contributed by atoms with E-state index in [-0.39, 0.29) is 12.0 Å². The molecule has 3 nitrogen and oxygen atoms in total. The Morgan fingerprint density at radius 2 is 1.83 bits per heavy atom. The number of nitrogens with zero attached hydrogens (tertiary/aromatic N) is 1. The molecule has 2 aromatic rings. The van der Waals surface area contributed by atoms with Crippen molar-refractivity contribution in [1.82, 2.24) is 0 Å². The van der Waals surface area contributed by atoms with Crippen molar-refractivity contribution in [2.24, 2.45) is 10.7 Å². The Morgan fingerprint density at radius 1 is 1.13 bits per heavy atom. The first kappa shape index (κ1) is 15.5. The topological polar surface area (TPSA) is 50.4 Å². The fraction of sp³-hybridized carbons (Fsp3) is 0.278. The summed E-state index contributed by atoms with van der Waals surface area (Å²) in [4.78, 5) is 4.42. The van der Waals surface area contributed by atoms with E-state index in [1.165, 1.54) is 12.1 Å². The molecule has 0 bridgehead atoms. The van der Waals surface area contributed by atoms with Crippen LogP contribution in [0.25, 0.3) is 0 Å². The summed E-state index contributed by atoms with van der Waals surface area (Å²) in [5.74, 6) is -0.564. The van der Waals surface area contributed by atoms with E-state index in [0.29, 0.717) is 11.5 Å². The molecule has 3 rings (SSSR count). The summed E-state index contributed by atoms with van der Waals surface area (Å²) in [6, 6.07) is 11.6. The van der Waals surface area contributed by atoms with Gasteiger partial charge in [-0.2, -0.15) is 0 Å². The van der Waals surface area contributed by atoms with Crippen LogP contribution in [-0.4, -0.2) is 12.0 Å². The summed E-state index contributed by atoms with van der Waals surface area (Å²) < 4.78 is 26.5. The molecule has 2 aromatic carbocycles. The first-order valence-corrected chi connectivity index (χ1v) is 7.62. The lowest BCUT2D eigenvalue weighted by Gasteiger charge is -2.33. The predicted molar refractivity (Wildman–Crippen MR) is 88.5 cm³/mol. The normalized spacial score (nSPS) is 20.9. The number of hydrogen-bond acceptors (Lipinski definition) is 1. The minimum absolute atomic E-state index is 0.0867. The van der Waals surface area contributed by atoms with Gasteiger partial charge in [-0.05, 0) is 61.1 Å². The molecule has 1 fully saturated rings. The van der Waals surface area contributed by atoms with E-state index in [1.54, 1.807) is 0 Å². The molecular formula is C18H19F2N3. The van der Waals surface area contributed by atoms with Crippen LogP contribution in [0.3, 0.4) is 0 Å². The van der Waals surface area contributed by atoms with E-state index in [1.807, 2.05) is 31.2 Å². The van der Waals surface area contributed by atoms with E-state index in [2.05, 4.69) is 10.3 Å². The average molecular weight is 315 g/mol. The smallest absolute Gasteiger partial charge is 0.193 e. The Hall–Kier alpha value is -2.43. The third-order valence-corrected chi connectivity index (χ3v) is 4.08. The van der Waals surface area contributed by atoms with Gasteiger partial charge in [-0.3, -0.25) is 0 Å². The van der Waals surface area contributed by atoms with Crippen LogP contribution in [0.1, 0.15) is 29.9 Å². The number of halogens is 2. The van der Waals surface area contributed by atoms with Crippen molar-refractivity contribution in [3.63, 3.8) is 0 Å². The average Bonchev–Trinajstić information content (AvgIpc) is 2.41. The van der Waals surface area contributed by atoms with Crippen LogP contribution < -0.4 is 11.1 Å². The molecule has 0 spiro atoms. The number of benzene rings is 2. The van der Waals surface area contributed by atoms with Gasteiger partial charge in [-0.1, -0.05) is 12.1 Å². The summed E-state index contributed by atoms with van der Waals surface area (Å²) in [6.45, 7) is 2.01. The number of aryl methyl sites for hydroxylation is 1. The van der Waals surface area contributed by atoms with E-state index < -0.39 is 11.6 Å². The molecular weight excluding hydrogens is 296 g/mol. The number of rotatable bonds is 3. The van der Waals surface area contributed by atoms with E-state index in [4.69, 9.17) is 5.73 Å². The third kappa shape index (κ3) is 3.86. The quantitative estimate of drug-likeness (QED) is 0.665. The van der Waals surface area contributed by atoms with Crippen LogP contribution in [0.2, 0.25) is 0 Å². The van der Waals surface area contributed by atoms with Crippen molar-refractivity contribution in [1.29, 1.82) is 0 Å². The molecule has 0 atom stereocenters. The van der Waals surface area contributed by atoms with Crippen LogP contribution >= 0.6 is 0 Å². The second-order valence-corrected chi connectivity index (χ2v) is 6.03. The highest BCUT2D eigenvalue weighted by atomic mass is 19.1. The largest absolute Gasteiger partial charge is 0.370 e. The van der Waals surface area contributed by atoms with Gasteiger partial charge in [-0.15, -0.1) is 0 Å². The Balaban J connectivity index is 1.58. The number of nitrogens with one attached hydrogen (secondary N) is 1. The highest BCUT2D eigenvalue weighted by Crippen LogP contribution is 2.39. The van der Waals surface area contributed by atoms with Crippen LogP contribution in [-0.2, 0) is 0 Å². The summed E-state index contributed by atoms with van der Waals surface area (Å²) in [6.07, 6.45) is 1.50. The zero-order chi connectivity index (χ0) is 16.4. The lowest BCUT2D eigenvalue weighted by atomic mass is 9.76. The SMILES string of the molecule is Cc1cccc(NC(N)=NC2CC(c3cc(F)cc(F)c3)C2)c1. The standard InChI is InChI=1S/C18H19F2N3/c1-11-3-2-4-16(5-11)22-18(21)23-17-8-13(9-17)12-6-14(19)10-15(20)7-12/h2-7,10,13,17H,8-9H2,1H3,(H3,21,22,23). The van der Waals surface area contributed by atoms with Gasteiger partial charge in [0.2, 0.25) is 0 Å². The number of nitrogens with two attached hydrogens (primary N) is 1. The maximum Gasteiger partial charge on any atom is 0.193 e. The van der Waals surface area contributed by atoms with Crippen LogP contribution in [0, 0.1) is 18.6 Å². The van der Waals surface area contributed by atoms with Gasteiger partial charge >= 0.3 is 0 Å². The number of hydrogen-bond donors (Lipinski definition) is 2. The molecule has 0 unspecified atom stereocenters. The van der Waals surface area contributed by atoms with Crippen molar-refractivity contribution < 1.29 is 8.78 Å². The minimum atomic E-state index is -0.535. The summed E-state index contributed by atoms with van der Waals surface area (Å²) >= 11 is 0. The molecule has 0 aromatic heterocycles. The maximum absolute atomic E-state index is 13.2. The minimum Gasteiger partial charge on any atom is -0.370 e. The maximum atomic E-state index is 13.2. The van der Waals surface area contributed by atoms with Crippen LogP contribution in [0.5, 0.6) is 0 Å². The van der Waals surface area contributed by atoms with Gasteiger partial charge in [0.25, 0.3) is 0 Å². The van der Waals surface area contributed by atoms with Crippen molar-refractivity contribution in [3.05, 3.63) is 65.2 Å². The molecule has 120 valence electrons. The molecule has 5 heteroatoms. The molecule has 0 radical (unpaired) electrons. The van der Waals surface area contributed by atoms with E-state index >= 15 is 0 Å². The highest BCUT2D eigenvalue weighted by molar-refractivity contribution is 5.92. The third-order valence-electron chi connectivity index (χ3n) is 4.08. The zero-order valence-corrected chi connectivity index (χ0v) is 12.9. The lowest BCUT2D eigenvalue weighted by molar-refractivity contribution is 0.351. The summed E-state index contributed by atoms with van der Waals surface area (Å²) in [5.41, 5.74) is 8.65. The first-order valence-electron chi connectivity index (χ1n) is 7.62. The molecule has 1 saturated carbocycles. The summed E-state index contributed by atoms with van der Waals surface area (Å²) in [5, 5.41) is 3.06. The molecule has 0 amide bonds. The number of guanidine groups is 1. The highest BCUT2D eigenvalue weighted by Gasteiger charge is 2.30. The molecule has 0 saturated heterocycles. The Kier molecular flexibility index (Phi) is 4.28. The lowest BCUT2D eigenvalue weighted by Crippen LogP contribution is -2.31. The Labute approximate surface area is 134 Å². The van der Waals surface area contributed by atoms with Crippen LogP contribution in [0.15, 0.2) is 47.5 Å². The van der Waals surface area contributed by atoms with Gasteiger partial charge in [0.1, 0.15) is 11.6 Å². The summed E-state index contributed by atoms with van der Waals surface area (Å²) in [7, 11) is 0. The molecule has 1 aliphatic carbocycles. The number of aliphatic imine (C=N–C) groups is 1. The van der Waals surface area contributed by atoms with Gasteiger partial charge in [-0.25, -0.2) is 13.8 Å². The zero-order valence-electron chi connectivity index (χ0n) is 12.9. The molecule has 0 heterocycles. The van der Waals surface area contributed by atoms with E-state index in [9.17, 15) is 8.78 Å². The Bertz CT molecular complexity index is 717. The second-order valence-electron chi connectivity index (χ2n) is 6.03. The van der Waals surface area contributed by atoms with Gasteiger partial charge in [0.05, 0.1) is 6.04 Å². The monoisotopic (exact) mass is 315 g/mol.